The Labute approximate surface area is 54.1 Å². The number of rotatable bonds is 3. The molecule has 0 bridgehead atoms. The van der Waals surface area contributed by atoms with E-state index in [1.54, 1.807) is 0 Å². The van der Waals surface area contributed by atoms with Crippen LogP contribution in [0, 0.1) is 0 Å². The largest absolute Gasteiger partial charge is 0.104 e. The summed E-state index contributed by atoms with van der Waals surface area (Å²) in [4.78, 5) is 0. The molecule has 0 saturated carbocycles. The van der Waals surface area contributed by atoms with Gasteiger partial charge in [-0.2, -0.15) is 0 Å². The zero-order valence-corrected chi connectivity index (χ0v) is 7.20. The maximum Gasteiger partial charge on any atom is -0.00133 e. The molecule has 0 radical (unpaired) electrons. The van der Waals surface area contributed by atoms with Crippen molar-refractivity contribution in [2.75, 3.05) is 0 Å². The first-order chi connectivity index (χ1) is 3.77. The zero-order chi connectivity index (χ0) is 6.41. The van der Waals surface area contributed by atoms with Gasteiger partial charge in [0.25, 0.3) is 0 Å². The van der Waals surface area contributed by atoms with Crippen LogP contribution in [0.1, 0.15) is 26.2 Å². The Morgan fingerprint density at radius 1 is 1.38 bits per heavy atom. The Hall–Kier alpha value is 0.0869. The smallest absolute Gasteiger partial charge is 0.00133 e. The first-order valence-electron chi connectivity index (χ1n) is 3.40. The third-order valence-corrected chi connectivity index (χ3v) is 2.22. The van der Waals surface area contributed by atoms with E-state index >= 15 is 0 Å². The topological polar surface area (TPSA) is 0 Å². The molecule has 0 nitrogen and oxygen atoms in total. The maximum atomic E-state index is 2.48. The van der Waals surface area contributed by atoms with Gasteiger partial charge in [0, 0.05) is 0 Å². The molecule has 0 rings (SSSR count). The molecule has 0 aromatic rings. The number of unbranched alkanes of at least 4 members (excludes halogenated alkanes) is 2. The van der Waals surface area contributed by atoms with E-state index < -0.39 is 0 Å². The van der Waals surface area contributed by atoms with Crippen LogP contribution in [0.3, 0.4) is 0 Å². The van der Waals surface area contributed by atoms with Crippen molar-refractivity contribution in [2.45, 2.75) is 39.3 Å². The third kappa shape index (κ3) is 6.09. The molecule has 0 aromatic carbocycles. The highest BCUT2D eigenvalue weighted by molar-refractivity contribution is 6.63. The SMILES string of the molecule is CCCCC=[Si](C)C. The predicted molar refractivity (Wildman–Crippen MR) is 43.1 cm³/mol. The molecular formula is C7H16Si. The van der Waals surface area contributed by atoms with Crippen molar-refractivity contribution in [3.8, 4) is 0 Å². The molecule has 0 aliphatic heterocycles. The van der Waals surface area contributed by atoms with Crippen LogP contribution < -0.4 is 0 Å². The molecule has 0 aliphatic rings. The molecule has 0 amide bonds. The summed E-state index contributed by atoms with van der Waals surface area (Å²) in [7, 11) is -0.0321. The van der Waals surface area contributed by atoms with E-state index in [1.807, 2.05) is 0 Å². The van der Waals surface area contributed by atoms with Crippen LogP contribution in [0.2, 0.25) is 13.1 Å². The average Bonchev–Trinajstić information content (AvgIpc) is 1.66. The van der Waals surface area contributed by atoms with Gasteiger partial charge in [-0.1, -0.05) is 32.9 Å². The molecule has 0 saturated heterocycles. The Balaban J connectivity index is 3.03. The summed E-state index contributed by atoms with van der Waals surface area (Å²) in [6.45, 7) is 6.91. The van der Waals surface area contributed by atoms with Gasteiger partial charge in [0.1, 0.15) is 0 Å². The Morgan fingerprint density at radius 2 is 2.00 bits per heavy atom. The minimum atomic E-state index is -0.0321. The van der Waals surface area contributed by atoms with Crippen molar-refractivity contribution >= 4 is 14.1 Å². The van der Waals surface area contributed by atoms with Gasteiger partial charge in [-0.25, -0.2) is 0 Å². The quantitative estimate of drug-likeness (QED) is 0.404. The third-order valence-electron chi connectivity index (χ3n) is 1.11. The zero-order valence-electron chi connectivity index (χ0n) is 6.20. The van der Waals surface area contributed by atoms with Gasteiger partial charge >= 0.3 is 0 Å². The van der Waals surface area contributed by atoms with Crippen LogP contribution in [0.5, 0.6) is 0 Å². The summed E-state index contributed by atoms with van der Waals surface area (Å²) in [6, 6.07) is 0. The van der Waals surface area contributed by atoms with Crippen molar-refractivity contribution in [1.82, 2.24) is 0 Å². The molecule has 0 aromatic heterocycles. The summed E-state index contributed by atoms with van der Waals surface area (Å²) < 4.78 is 0. The molecule has 48 valence electrons. The molecule has 0 aliphatic carbocycles. The van der Waals surface area contributed by atoms with E-state index in [4.69, 9.17) is 0 Å². The van der Waals surface area contributed by atoms with Crippen LogP contribution in [-0.2, 0) is 0 Å². The van der Waals surface area contributed by atoms with E-state index in [0.29, 0.717) is 0 Å². The van der Waals surface area contributed by atoms with Crippen LogP contribution in [0.4, 0.5) is 0 Å². The fraction of sp³-hybridized carbons (Fsp3) is 0.857. The molecular weight excluding hydrogens is 112 g/mol. The molecule has 0 N–H and O–H groups in total. The van der Waals surface area contributed by atoms with Gasteiger partial charge < -0.3 is 0 Å². The van der Waals surface area contributed by atoms with Crippen LogP contribution >= 0.6 is 0 Å². The summed E-state index contributed by atoms with van der Waals surface area (Å²) in [5, 5.41) is 0. The normalized spacial score (nSPS) is 8.88. The summed E-state index contributed by atoms with van der Waals surface area (Å²) in [5.41, 5.74) is 2.48. The highest BCUT2D eigenvalue weighted by Gasteiger charge is 1.78. The molecule has 0 unspecified atom stereocenters. The minimum Gasteiger partial charge on any atom is -0.104 e. The van der Waals surface area contributed by atoms with Gasteiger partial charge in [0.15, 0.2) is 0 Å². The summed E-state index contributed by atoms with van der Waals surface area (Å²) in [6.07, 6.45) is 4.07. The highest BCUT2D eigenvalue weighted by Crippen LogP contribution is 1.88. The lowest BCUT2D eigenvalue weighted by atomic mass is 10.3. The molecule has 0 atom stereocenters. The van der Waals surface area contributed by atoms with Crippen molar-refractivity contribution in [2.24, 2.45) is 0 Å². The number of hydrogen-bond acceptors (Lipinski definition) is 0. The van der Waals surface area contributed by atoms with Crippen molar-refractivity contribution < 1.29 is 0 Å². The van der Waals surface area contributed by atoms with E-state index in [2.05, 4.69) is 25.7 Å². The predicted octanol–water partition coefficient (Wildman–Crippen LogP) is 2.31. The van der Waals surface area contributed by atoms with Crippen LogP contribution in [-0.4, -0.2) is 14.1 Å². The first-order valence-corrected chi connectivity index (χ1v) is 5.98. The monoisotopic (exact) mass is 128 g/mol. The lowest BCUT2D eigenvalue weighted by molar-refractivity contribution is 0.846. The van der Waals surface area contributed by atoms with Gasteiger partial charge in [0.2, 0.25) is 0 Å². The molecule has 0 fully saturated rings. The van der Waals surface area contributed by atoms with Gasteiger partial charge in [-0.3, -0.25) is 0 Å². The van der Waals surface area contributed by atoms with E-state index in [-0.39, 0.29) is 8.41 Å². The van der Waals surface area contributed by atoms with Gasteiger partial charge in [0.05, 0.1) is 0 Å². The first kappa shape index (κ1) is 8.09. The molecule has 0 spiro atoms. The highest BCUT2D eigenvalue weighted by atomic mass is 28.2. The fourth-order valence-corrected chi connectivity index (χ4v) is 1.38. The van der Waals surface area contributed by atoms with Gasteiger partial charge in [-0.15, -0.1) is 5.67 Å². The van der Waals surface area contributed by atoms with Gasteiger partial charge in [-0.05, 0) is 14.8 Å². The molecule has 1 heteroatoms. The second kappa shape index (κ2) is 5.23. The van der Waals surface area contributed by atoms with Crippen LogP contribution in [0.15, 0.2) is 0 Å². The molecule has 8 heavy (non-hydrogen) atoms. The minimum absolute atomic E-state index is 0.0321. The van der Waals surface area contributed by atoms with E-state index in [0.717, 1.165) is 0 Å². The van der Waals surface area contributed by atoms with Crippen molar-refractivity contribution in [3.05, 3.63) is 0 Å². The second-order valence-electron chi connectivity index (χ2n) is 2.42. The Bertz CT molecular complexity index is 70.5. The number of hydrogen-bond donors (Lipinski definition) is 0. The average molecular weight is 128 g/mol. The maximum absolute atomic E-state index is 2.48. The summed E-state index contributed by atoms with van der Waals surface area (Å²) in [5.74, 6) is 0. The van der Waals surface area contributed by atoms with E-state index in [9.17, 15) is 0 Å². The Morgan fingerprint density at radius 3 is 2.38 bits per heavy atom. The van der Waals surface area contributed by atoms with E-state index in [1.165, 1.54) is 19.3 Å². The fourth-order valence-electron chi connectivity index (χ4n) is 0.595. The lowest BCUT2D eigenvalue weighted by Crippen LogP contribution is -1.90. The van der Waals surface area contributed by atoms with Crippen LogP contribution in [0.25, 0.3) is 0 Å². The molecule has 0 heterocycles. The lowest BCUT2D eigenvalue weighted by Gasteiger charge is -1.88. The van der Waals surface area contributed by atoms with Crippen molar-refractivity contribution in [3.63, 3.8) is 0 Å². The Kier molecular flexibility index (Phi) is 5.28. The standard InChI is InChI=1S/C7H16Si/c1-4-5-6-7-8(2)3/h7H,4-6H2,1-3H3. The van der Waals surface area contributed by atoms with Crippen molar-refractivity contribution in [1.29, 1.82) is 0 Å². The second-order valence-corrected chi connectivity index (χ2v) is 4.99. The summed E-state index contributed by atoms with van der Waals surface area (Å²) >= 11 is 0.